The Morgan fingerprint density at radius 1 is 1.07 bits per heavy atom. The van der Waals surface area contributed by atoms with Gasteiger partial charge in [0.25, 0.3) is 0 Å². The normalized spacial score (nSPS) is 11.6. The summed E-state index contributed by atoms with van der Waals surface area (Å²) in [5.41, 5.74) is 2.06. The average Bonchev–Trinajstić information content (AvgIpc) is 2.75. The molecule has 0 aliphatic carbocycles. The zero-order valence-corrected chi connectivity index (χ0v) is 19.3. The van der Waals surface area contributed by atoms with E-state index in [2.05, 4.69) is 5.32 Å². The number of carbonyl (C=O) groups is 2. The minimum atomic E-state index is -0.505. The third-order valence-corrected chi connectivity index (χ3v) is 5.90. The Balaban J connectivity index is 2.07. The summed E-state index contributed by atoms with van der Waals surface area (Å²) < 4.78 is 5.17. The quantitative estimate of drug-likeness (QED) is 0.548. The third kappa shape index (κ3) is 7.26. The summed E-state index contributed by atoms with van der Waals surface area (Å²) in [6.07, 6.45) is 0.550. The lowest BCUT2D eigenvalue weighted by molar-refractivity contribution is -0.139. The van der Waals surface area contributed by atoms with Crippen LogP contribution in [-0.2, 0) is 21.9 Å². The number of hydrogen-bond donors (Lipinski definition) is 1. The molecular weight excluding hydrogens is 420 g/mol. The number of benzene rings is 2. The van der Waals surface area contributed by atoms with Crippen molar-refractivity contribution in [3.8, 4) is 5.75 Å². The number of likely N-dealkylation sites (N-methyl/N-ethyl adjacent to an activating group) is 1. The minimum absolute atomic E-state index is 0.0541. The van der Waals surface area contributed by atoms with E-state index in [-0.39, 0.29) is 11.8 Å². The van der Waals surface area contributed by atoms with E-state index in [4.69, 9.17) is 16.3 Å². The summed E-state index contributed by atoms with van der Waals surface area (Å²) in [6, 6.07) is 14.7. The van der Waals surface area contributed by atoms with E-state index in [0.717, 1.165) is 16.9 Å². The molecule has 0 heterocycles. The SMILES string of the molecule is CCNC(=O)C(CC)N(Cc1ccc(Cl)cc1)C(=O)CSCc1ccc(OC)cc1. The van der Waals surface area contributed by atoms with E-state index in [0.29, 0.717) is 36.0 Å². The van der Waals surface area contributed by atoms with Crippen LogP contribution in [0.3, 0.4) is 0 Å². The molecule has 7 heteroatoms. The number of amides is 2. The molecule has 0 radical (unpaired) electrons. The van der Waals surface area contributed by atoms with Gasteiger partial charge in [0.2, 0.25) is 11.8 Å². The molecule has 0 saturated carbocycles. The Morgan fingerprint density at radius 2 is 1.70 bits per heavy atom. The number of hydrogen-bond acceptors (Lipinski definition) is 4. The molecular formula is C23H29ClN2O3S. The van der Waals surface area contributed by atoms with E-state index in [9.17, 15) is 9.59 Å². The molecule has 2 aromatic carbocycles. The van der Waals surface area contributed by atoms with Crippen molar-refractivity contribution in [3.63, 3.8) is 0 Å². The summed E-state index contributed by atoms with van der Waals surface area (Å²) >= 11 is 7.52. The van der Waals surface area contributed by atoms with Crippen molar-refractivity contribution in [2.24, 2.45) is 0 Å². The van der Waals surface area contributed by atoms with Crippen molar-refractivity contribution in [3.05, 3.63) is 64.7 Å². The Hall–Kier alpha value is -2.18. The topological polar surface area (TPSA) is 58.6 Å². The molecule has 2 amide bonds. The smallest absolute Gasteiger partial charge is 0.242 e. The first-order valence-corrected chi connectivity index (χ1v) is 11.5. The van der Waals surface area contributed by atoms with E-state index >= 15 is 0 Å². The van der Waals surface area contributed by atoms with Crippen molar-refractivity contribution in [2.45, 2.75) is 38.6 Å². The van der Waals surface area contributed by atoms with Crippen LogP contribution < -0.4 is 10.1 Å². The highest BCUT2D eigenvalue weighted by Gasteiger charge is 2.28. The molecule has 0 aliphatic rings. The molecule has 5 nitrogen and oxygen atoms in total. The molecule has 1 unspecified atom stereocenters. The fraction of sp³-hybridized carbons (Fsp3) is 0.391. The van der Waals surface area contributed by atoms with Gasteiger partial charge in [-0.15, -0.1) is 11.8 Å². The standard InChI is InChI=1S/C23H29ClN2O3S/c1-4-21(23(28)25-5-2)26(14-17-6-10-19(24)11-7-17)22(27)16-30-15-18-8-12-20(29-3)13-9-18/h6-13,21H,4-5,14-16H2,1-3H3,(H,25,28). The minimum Gasteiger partial charge on any atom is -0.497 e. The predicted octanol–water partition coefficient (Wildman–Crippen LogP) is 4.53. The number of ether oxygens (including phenoxy) is 1. The number of nitrogens with zero attached hydrogens (tertiary/aromatic N) is 1. The fourth-order valence-electron chi connectivity index (χ4n) is 3.06. The van der Waals surface area contributed by atoms with E-state index in [1.165, 1.54) is 11.8 Å². The van der Waals surface area contributed by atoms with Crippen LogP contribution >= 0.6 is 23.4 Å². The van der Waals surface area contributed by atoms with Crippen LogP contribution in [0.4, 0.5) is 0 Å². The highest BCUT2D eigenvalue weighted by atomic mass is 35.5. The zero-order chi connectivity index (χ0) is 21.9. The largest absolute Gasteiger partial charge is 0.497 e. The Labute approximate surface area is 188 Å². The number of halogens is 1. The van der Waals surface area contributed by atoms with Gasteiger partial charge in [-0.3, -0.25) is 9.59 Å². The first-order chi connectivity index (χ1) is 14.5. The Morgan fingerprint density at radius 3 is 2.27 bits per heavy atom. The van der Waals surface area contributed by atoms with Crippen LogP contribution in [0.1, 0.15) is 31.4 Å². The van der Waals surface area contributed by atoms with Gasteiger partial charge in [-0.2, -0.15) is 0 Å². The lowest BCUT2D eigenvalue weighted by Gasteiger charge is -2.30. The van der Waals surface area contributed by atoms with Crippen molar-refractivity contribution in [1.82, 2.24) is 10.2 Å². The summed E-state index contributed by atoms with van der Waals surface area (Å²) in [5, 5.41) is 3.49. The second-order valence-electron chi connectivity index (χ2n) is 6.81. The molecule has 0 aliphatic heterocycles. The molecule has 1 N–H and O–H groups in total. The van der Waals surface area contributed by atoms with Crippen LogP contribution in [0.2, 0.25) is 5.02 Å². The van der Waals surface area contributed by atoms with E-state index in [1.54, 1.807) is 24.1 Å². The van der Waals surface area contributed by atoms with Crippen molar-refractivity contribution in [1.29, 1.82) is 0 Å². The van der Waals surface area contributed by atoms with Gasteiger partial charge < -0.3 is 15.0 Å². The van der Waals surface area contributed by atoms with Crippen LogP contribution in [0.15, 0.2) is 48.5 Å². The van der Waals surface area contributed by atoms with Gasteiger partial charge in [-0.25, -0.2) is 0 Å². The summed E-state index contributed by atoms with van der Waals surface area (Å²) in [6.45, 7) is 4.70. The van der Waals surface area contributed by atoms with Crippen molar-refractivity contribution in [2.75, 3.05) is 19.4 Å². The summed E-state index contributed by atoms with van der Waals surface area (Å²) in [4.78, 5) is 27.3. The van der Waals surface area contributed by atoms with Crippen molar-refractivity contribution < 1.29 is 14.3 Å². The zero-order valence-electron chi connectivity index (χ0n) is 17.7. The van der Waals surface area contributed by atoms with Gasteiger partial charge in [0.1, 0.15) is 11.8 Å². The Bertz CT molecular complexity index is 812. The molecule has 0 spiro atoms. The van der Waals surface area contributed by atoms with Gasteiger partial charge >= 0.3 is 0 Å². The first kappa shape index (κ1) is 24.1. The Kier molecular flexibility index (Phi) is 10.0. The molecule has 30 heavy (non-hydrogen) atoms. The average molecular weight is 449 g/mol. The lowest BCUT2D eigenvalue weighted by Crippen LogP contribution is -2.49. The summed E-state index contributed by atoms with van der Waals surface area (Å²) in [5.74, 6) is 1.64. The van der Waals surface area contributed by atoms with Gasteiger partial charge in [0.15, 0.2) is 0 Å². The first-order valence-electron chi connectivity index (χ1n) is 10.0. The highest BCUT2D eigenvalue weighted by Crippen LogP contribution is 2.20. The number of nitrogens with one attached hydrogen (secondary N) is 1. The van der Waals surface area contributed by atoms with Gasteiger partial charge in [-0.1, -0.05) is 42.8 Å². The maximum Gasteiger partial charge on any atom is 0.242 e. The maximum atomic E-state index is 13.1. The lowest BCUT2D eigenvalue weighted by atomic mass is 10.1. The predicted molar refractivity (Wildman–Crippen MR) is 124 cm³/mol. The molecule has 162 valence electrons. The van der Waals surface area contributed by atoms with Crippen molar-refractivity contribution >= 4 is 35.2 Å². The van der Waals surface area contributed by atoms with E-state index in [1.807, 2.05) is 50.2 Å². The van der Waals surface area contributed by atoms with Crippen LogP contribution in [0, 0.1) is 0 Å². The molecule has 0 bridgehead atoms. The number of thioether (sulfide) groups is 1. The van der Waals surface area contributed by atoms with Crippen LogP contribution in [-0.4, -0.2) is 42.2 Å². The number of methoxy groups -OCH3 is 1. The van der Waals surface area contributed by atoms with Gasteiger partial charge in [0.05, 0.1) is 12.9 Å². The van der Waals surface area contributed by atoms with Crippen LogP contribution in [0.5, 0.6) is 5.75 Å². The summed E-state index contributed by atoms with van der Waals surface area (Å²) in [7, 11) is 1.64. The third-order valence-electron chi connectivity index (χ3n) is 4.66. The molecule has 2 rings (SSSR count). The second kappa shape index (κ2) is 12.5. The monoisotopic (exact) mass is 448 g/mol. The number of carbonyl (C=O) groups excluding carboxylic acids is 2. The molecule has 0 fully saturated rings. The molecule has 1 atom stereocenters. The molecule has 0 saturated heterocycles. The fourth-order valence-corrected chi connectivity index (χ4v) is 4.06. The highest BCUT2D eigenvalue weighted by molar-refractivity contribution is 7.99. The maximum absolute atomic E-state index is 13.1. The van der Waals surface area contributed by atoms with Gasteiger partial charge in [-0.05, 0) is 48.7 Å². The molecule has 0 aromatic heterocycles. The molecule has 2 aromatic rings. The second-order valence-corrected chi connectivity index (χ2v) is 8.23. The number of rotatable bonds is 11. The van der Waals surface area contributed by atoms with E-state index < -0.39 is 6.04 Å². The van der Waals surface area contributed by atoms with Crippen LogP contribution in [0.25, 0.3) is 0 Å². The van der Waals surface area contributed by atoms with Gasteiger partial charge in [0, 0.05) is 23.9 Å².